The van der Waals surface area contributed by atoms with Crippen molar-refractivity contribution < 1.29 is 0 Å². The minimum atomic E-state index is 0.690. The third kappa shape index (κ3) is 5.18. The van der Waals surface area contributed by atoms with E-state index in [0.29, 0.717) is 5.56 Å². The van der Waals surface area contributed by atoms with Gasteiger partial charge in [0.15, 0.2) is 0 Å². The Morgan fingerprint density at radius 3 is 2.23 bits per heavy atom. The summed E-state index contributed by atoms with van der Waals surface area (Å²) in [5.41, 5.74) is 4.08. The number of unbranched alkanes of at least 4 members (excludes halogenated alkanes) is 1. The van der Waals surface area contributed by atoms with Gasteiger partial charge in [-0.05, 0) is 48.4 Å². The van der Waals surface area contributed by atoms with E-state index in [0.717, 1.165) is 29.5 Å². The Labute approximate surface area is 158 Å². The molecule has 1 aromatic carbocycles. The monoisotopic (exact) mass is 346 g/mol. The molecule has 1 fully saturated rings. The van der Waals surface area contributed by atoms with E-state index in [4.69, 9.17) is 5.26 Å². The number of rotatable bonds is 7. The van der Waals surface area contributed by atoms with E-state index in [1.54, 1.807) is 0 Å². The van der Waals surface area contributed by atoms with Crippen molar-refractivity contribution in [2.45, 2.75) is 64.7 Å². The lowest BCUT2D eigenvalue weighted by molar-refractivity contribution is 0.250. The van der Waals surface area contributed by atoms with Crippen molar-refractivity contribution in [3.8, 4) is 17.3 Å². The Morgan fingerprint density at radius 1 is 0.962 bits per heavy atom. The Kier molecular flexibility index (Phi) is 6.83. The van der Waals surface area contributed by atoms with Crippen LogP contribution in [-0.4, -0.2) is 4.98 Å². The normalized spacial score (nSPS) is 19.8. The van der Waals surface area contributed by atoms with Crippen LogP contribution < -0.4 is 0 Å². The van der Waals surface area contributed by atoms with Gasteiger partial charge in [-0.3, -0.25) is 4.98 Å². The molecule has 1 aromatic heterocycles. The summed E-state index contributed by atoms with van der Waals surface area (Å²) >= 11 is 0. The number of benzene rings is 1. The van der Waals surface area contributed by atoms with E-state index < -0.39 is 0 Å². The molecule has 26 heavy (non-hydrogen) atoms. The minimum absolute atomic E-state index is 0.690. The summed E-state index contributed by atoms with van der Waals surface area (Å²) < 4.78 is 0. The zero-order valence-electron chi connectivity index (χ0n) is 16.0. The molecule has 0 spiro atoms. The van der Waals surface area contributed by atoms with E-state index in [1.807, 2.05) is 30.5 Å². The van der Waals surface area contributed by atoms with Crippen LogP contribution in [0.3, 0.4) is 0 Å². The third-order valence-corrected chi connectivity index (χ3v) is 5.91. The highest BCUT2D eigenvalue weighted by atomic mass is 14.7. The highest BCUT2D eigenvalue weighted by molar-refractivity contribution is 5.60. The maximum Gasteiger partial charge on any atom is 0.0991 e. The van der Waals surface area contributed by atoms with Crippen LogP contribution in [0, 0.1) is 23.2 Å². The van der Waals surface area contributed by atoms with Crippen LogP contribution in [0.25, 0.3) is 11.3 Å². The molecule has 2 heteroatoms. The van der Waals surface area contributed by atoms with Crippen molar-refractivity contribution >= 4 is 0 Å². The second-order valence-electron chi connectivity index (χ2n) is 7.81. The molecular weight excluding hydrogens is 316 g/mol. The van der Waals surface area contributed by atoms with Gasteiger partial charge in [0.05, 0.1) is 17.3 Å². The van der Waals surface area contributed by atoms with E-state index >= 15 is 0 Å². The Bertz CT molecular complexity index is 701. The van der Waals surface area contributed by atoms with Gasteiger partial charge in [0.1, 0.15) is 0 Å². The van der Waals surface area contributed by atoms with Gasteiger partial charge in [0, 0.05) is 11.8 Å². The standard InChI is InChI=1S/C24H30N2/c1-2-3-4-19-5-7-20(8-6-19)9-10-22-13-16-24(26-18-22)23-14-11-21(17-25)12-15-23/h11-16,18-20H,2-10H2,1H3/t19-,20-. The van der Waals surface area contributed by atoms with Crippen molar-refractivity contribution in [2.24, 2.45) is 11.8 Å². The summed E-state index contributed by atoms with van der Waals surface area (Å²) in [5.74, 6) is 1.91. The zero-order valence-corrected chi connectivity index (χ0v) is 16.0. The highest BCUT2D eigenvalue weighted by Gasteiger charge is 2.20. The molecule has 136 valence electrons. The number of pyridine rings is 1. The van der Waals surface area contributed by atoms with Gasteiger partial charge in [-0.2, -0.15) is 5.26 Å². The Hall–Kier alpha value is -2.14. The summed E-state index contributed by atoms with van der Waals surface area (Å²) in [5, 5.41) is 8.89. The average Bonchev–Trinajstić information content (AvgIpc) is 2.72. The Balaban J connectivity index is 1.47. The fourth-order valence-electron chi connectivity index (χ4n) is 4.13. The van der Waals surface area contributed by atoms with Crippen LogP contribution in [0.1, 0.15) is 69.4 Å². The number of nitrogens with zero attached hydrogens (tertiary/aromatic N) is 2. The lowest BCUT2D eigenvalue weighted by Crippen LogP contribution is -2.15. The smallest absolute Gasteiger partial charge is 0.0991 e. The SMILES string of the molecule is CCCC[C@H]1CC[C@H](CCc2ccc(-c3ccc(C#N)cc3)nc2)CC1. The van der Waals surface area contributed by atoms with Gasteiger partial charge in [0.2, 0.25) is 0 Å². The summed E-state index contributed by atoms with van der Waals surface area (Å²) in [6, 6.07) is 14.1. The molecule has 0 radical (unpaired) electrons. The number of nitriles is 1. The second kappa shape index (κ2) is 9.53. The summed E-state index contributed by atoms with van der Waals surface area (Å²) in [4.78, 5) is 4.63. The number of aryl methyl sites for hydroxylation is 1. The summed E-state index contributed by atoms with van der Waals surface area (Å²) in [7, 11) is 0. The van der Waals surface area contributed by atoms with Gasteiger partial charge < -0.3 is 0 Å². The quantitative estimate of drug-likeness (QED) is 0.570. The topological polar surface area (TPSA) is 36.7 Å². The van der Waals surface area contributed by atoms with Crippen LogP contribution in [0.15, 0.2) is 42.6 Å². The molecule has 0 atom stereocenters. The van der Waals surface area contributed by atoms with Crippen molar-refractivity contribution in [3.05, 3.63) is 53.7 Å². The molecule has 0 aliphatic heterocycles. The van der Waals surface area contributed by atoms with Gasteiger partial charge >= 0.3 is 0 Å². The van der Waals surface area contributed by atoms with Crippen molar-refractivity contribution in [3.63, 3.8) is 0 Å². The van der Waals surface area contributed by atoms with Gasteiger partial charge in [-0.15, -0.1) is 0 Å². The van der Waals surface area contributed by atoms with Gasteiger partial charge in [0.25, 0.3) is 0 Å². The fraction of sp³-hybridized carbons (Fsp3) is 0.500. The second-order valence-corrected chi connectivity index (χ2v) is 7.81. The molecule has 1 saturated carbocycles. The molecule has 2 aromatic rings. The Morgan fingerprint density at radius 2 is 1.65 bits per heavy atom. The van der Waals surface area contributed by atoms with E-state index in [9.17, 15) is 0 Å². The van der Waals surface area contributed by atoms with Crippen LogP contribution in [-0.2, 0) is 6.42 Å². The molecule has 2 nitrogen and oxygen atoms in total. The number of hydrogen-bond donors (Lipinski definition) is 0. The summed E-state index contributed by atoms with van der Waals surface area (Å²) in [6.07, 6.45) is 14.4. The van der Waals surface area contributed by atoms with Crippen LogP contribution >= 0.6 is 0 Å². The molecule has 0 saturated heterocycles. The first-order chi connectivity index (χ1) is 12.8. The lowest BCUT2D eigenvalue weighted by atomic mass is 9.78. The molecule has 0 bridgehead atoms. The molecule has 1 aliphatic carbocycles. The zero-order chi connectivity index (χ0) is 18.2. The molecule has 0 N–H and O–H groups in total. The molecule has 1 heterocycles. The minimum Gasteiger partial charge on any atom is -0.256 e. The van der Waals surface area contributed by atoms with Gasteiger partial charge in [-0.25, -0.2) is 0 Å². The van der Waals surface area contributed by atoms with Crippen molar-refractivity contribution in [1.82, 2.24) is 4.98 Å². The van der Waals surface area contributed by atoms with E-state index in [-0.39, 0.29) is 0 Å². The largest absolute Gasteiger partial charge is 0.256 e. The molecule has 3 rings (SSSR count). The van der Waals surface area contributed by atoms with E-state index in [2.05, 4.69) is 30.1 Å². The molecule has 1 aliphatic rings. The van der Waals surface area contributed by atoms with Crippen molar-refractivity contribution in [2.75, 3.05) is 0 Å². The average molecular weight is 347 g/mol. The maximum absolute atomic E-state index is 8.89. The number of aromatic nitrogens is 1. The molecular formula is C24H30N2. The van der Waals surface area contributed by atoms with Crippen molar-refractivity contribution in [1.29, 1.82) is 5.26 Å². The number of hydrogen-bond acceptors (Lipinski definition) is 2. The first-order valence-corrected chi connectivity index (χ1v) is 10.2. The first kappa shape index (κ1) is 18.6. The third-order valence-electron chi connectivity index (χ3n) is 5.91. The maximum atomic E-state index is 8.89. The van der Waals surface area contributed by atoms with E-state index in [1.165, 1.54) is 56.9 Å². The van der Waals surface area contributed by atoms with Crippen LogP contribution in [0.2, 0.25) is 0 Å². The predicted molar refractivity (Wildman–Crippen MR) is 108 cm³/mol. The lowest BCUT2D eigenvalue weighted by Gasteiger charge is -2.28. The summed E-state index contributed by atoms with van der Waals surface area (Å²) in [6.45, 7) is 2.30. The molecule has 0 amide bonds. The van der Waals surface area contributed by atoms with Crippen LogP contribution in [0.4, 0.5) is 0 Å². The predicted octanol–water partition coefficient (Wildman–Crippen LogP) is 6.55. The van der Waals surface area contributed by atoms with Crippen LogP contribution in [0.5, 0.6) is 0 Å². The first-order valence-electron chi connectivity index (χ1n) is 10.2. The molecule has 0 unspecified atom stereocenters. The fourth-order valence-corrected chi connectivity index (χ4v) is 4.13. The highest BCUT2D eigenvalue weighted by Crippen LogP contribution is 2.34. The van der Waals surface area contributed by atoms with Gasteiger partial charge in [-0.1, -0.05) is 70.1 Å².